The molecule has 0 spiro atoms. The summed E-state index contributed by atoms with van der Waals surface area (Å²) < 4.78 is 13.4. The first-order valence-corrected chi connectivity index (χ1v) is 9.24. The Hall–Kier alpha value is -0.550. The average Bonchev–Trinajstić information content (AvgIpc) is 2.90. The van der Waals surface area contributed by atoms with E-state index in [2.05, 4.69) is 10.2 Å². The van der Waals surface area contributed by atoms with Gasteiger partial charge in [0.15, 0.2) is 0 Å². The minimum absolute atomic E-state index is 0.204. The molecule has 1 aliphatic carbocycles. The number of halogens is 4. The van der Waals surface area contributed by atoms with E-state index in [1.165, 1.54) is 6.07 Å². The Morgan fingerprint density at radius 1 is 1.38 bits per heavy atom. The number of nitrogens with zero attached hydrogens (tertiary/aromatic N) is 1. The van der Waals surface area contributed by atoms with Crippen LogP contribution in [0.5, 0.6) is 0 Å². The molecule has 3 rings (SSSR count). The van der Waals surface area contributed by atoms with E-state index >= 15 is 0 Å². The van der Waals surface area contributed by atoms with Crippen LogP contribution in [0.4, 0.5) is 4.39 Å². The third-order valence-corrected chi connectivity index (χ3v) is 6.56. The number of carbonyl (C=O) groups excluding carboxylic acids is 1. The van der Waals surface area contributed by atoms with Gasteiger partial charge in [-0.15, -0.1) is 23.2 Å². The molecule has 2 atom stereocenters. The quantitative estimate of drug-likeness (QED) is 0.756. The lowest BCUT2D eigenvalue weighted by Gasteiger charge is -2.29. The molecule has 1 amide bonds. The Morgan fingerprint density at radius 2 is 2.00 bits per heavy atom. The third-order valence-electron chi connectivity index (χ3n) is 5.13. The fourth-order valence-electron chi connectivity index (χ4n) is 3.33. The van der Waals surface area contributed by atoms with E-state index in [0.717, 1.165) is 25.9 Å². The van der Waals surface area contributed by atoms with E-state index in [-0.39, 0.29) is 24.3 Å². The van der Waals surface area contributed by atoms with E-state index in [0.29, 0.717) is 17.0 Å². The maximum atomic E-state index is 14.4. The molecule has 1 N–H and O–H groups in total. The second-order valence-corrected chi connectivity index (χ2v) is 8.71. The molecule has 1 saturated heterocycles. The molecule has 24 heavy (non-hydrogen) atoms. The molecule has 7 heteroatoms. The van der Waals surface area contributed by atoms with Gasteiger partial charge in [0.2, 0.25) is 5.91 Å². The maximum Gasteiger partial charge on any atom is 0.229 e. The first-order chi connectivity index (χ1) is 11.3. The highest BCUT2D eigenvalue weighted by Gasteiger charge is 2.67. The summed E-state index contributed by atoms with van der Waals surface area (Å²) in [7, 11) is 0. The number of carbonyl (C=O) groups is 1. The van der Waals surface area contributed by atoms with Crippen molar-refractivity contribution in [1.29, 1.82) is 0 Å². The molecule has 1 saturated carbocycles. The average molecular weight is 394 g/mol. The first kappa shape index (κ1) is 18.2. The predicted octanol–water partition coefficient (Wildman–Crippen LogP) is 4.32. The third kappa shape index (κ3) is 3.26. The lowest BCUT2D eigenvalue weighted by molar-refractivity contribution is -0.126. The molecular weight excluding hydrogens is 374 g/mol. The molecular formula is C17H20Cl3FN2O. The number of nitrogens with one attached hydrogen (secondary N) is 1. The van der Waals surface area contributed by atoms with Crippen molar-refractivity contribution >= 4 is 40.7 Å². The first-order valence-electron chi connectivity index (χ1n) is 8.10. The van der Waals surface area contributed by atoms with Crippen LogP contribution in [0.1, 0.15) is 37.8 Å². The van der Waals surface area contributed by atoms with Crippen molar-refractivity contribution in [3.63, 3.8) is 0 Å². The van der Waals surface area contributed by atoms with Gasteiger partial charge in [0.05, 0.1) is 11.5 Å². The highest BCUT2D eigenvalue weighted by Crippen LogP contribution is 2.63. The molecule has 1 aromatic rings. The van der Waals surface area contributed by atoms with Crippen LogP contribution in [0.25, 0.3) is 0 Å². The lowest BCUT2D eigenvalue weighted by atomic mass is 10.0. The summed E-state index contributed by atoms with van der Waals surface area (Å²) in [5.41, 5.74) is -0.352. The van der Waals surface area contributed by atoms with Crippen LogP contribution < -0.4 is 5.32 Å². The molecule has 0 radical (unpaired) electrons. The van der Waals surface area contributed by atoms with Gasteiger partial charge in [-0.1, -0.05) is 17.7 Å². The minimum atomic E-state index is -1.02. The molecule has 0 unspecified atom stereocenters. The van der Waals surface area contributed by atoms with Crippen LogP contribution in [0.15, 0.2) is 18.2 Å². The zero-order chi connectivity index (χ0) is 17.5. The molecule has 3 nitrogen and oxygen atoms in total. The van der Waals surface area contributed by atoms with Crippen LogP contribution in [-0.2, 0) is 4.79 Å². The molecule has 0 aromatic heterocycles. The SMILES string of the molecule is C[C@]1(C(=O)NC[C@@H](c2c(F)cccc2Cl)N2CCCC2)CC1(Cl)Cl. The van der Waals surface area contributed by atoms with Crippen molar-refractivity contribution in [2.24, 2.45) is 5.41 Å². The number of hydrogen-bond acceptors (Lipinski definition) is 2. The van der Waals surface area contributed by atoms with E-state index in [4.69, 9.17) is 34.8 Å². The van der Waals surface area contributed by atoms with Crippen molar-refractivity contribution < 1.29 is 9.18 Å². The fraction of sp³-hybridized carbons (Fsp3) is 0.588. The van der Waals surface area contributed by atoms with E-state index in [1.807, 2.05) is 0 Å². The summed E-state index contributed by atoms with van der Waals surface area (Å²) in [6.45, 7) is 3.73. The van der Waals surface area contributed by atoms with Crippen LogP contribution in [0.2, 0.25) is 5.02 Å². The summed E-state index contributed by atoms with van der Waals surface area (Å²) in [6, 6.07) is 4.36. The summed E-state index contributed by atoms with van der Waals surface area (Å²) in [6.07, 6.45) is 2.53. The number of hydrogen-bond donors (Lipinski definition) is 1. The monoisotopic (exact) mass is 392 g/mol. The van der Waals surface area contributed by atoms with Crippen molar-refractivity contribution in [1.82, 2.24) is 10.2 Å². The molecule has 132 valence electrons. The van der Waals surface area contributed by atoms with Crippen molar-refractivity contribution in [3.8, 4) is 0 Å². The van der Waals surface area contributed by atoms with Crippen molar-refractivity contribution in [3.05, 3.63) is 34.6 Å². The second-order valence-electron chi connectivity index (χ2n) is 6.82. The largest absolute Gasteiger partial charge is 0.354 e. The Labute approximate surface area is 156 Å². The Balaban J connectivity index is 1.78. The molecule has 1 aliphatic heterocycles. The van der Waals surface area contributed by atoms with Crippen LogP contribution >= 0.6 is 34.8 Å². The Bertz CT molecular complexity index is 628. The fourth-order valence-corrected chi connectivity index (χ4v) is 4.32. The van der Waals surface area contributed by atoms with Crippen LogP contribution in [-0.4, -0.2) is 34.8 Å². The smallest absolute Gasteiger partial charge is 0.229 e. The second kappa shape index (κ2) is 6.64. The predicted molar refractivity (Wildman–Crippen MR) is 95.1 cm³/mol. The highest BCUT2D eigenvalue weighted by atomic mass is 35.5. The standard InChI is InChI=1S/C17H20Cl3FN2O/c1-16(10-17(16,19)20)15(24)22-9-13(23-7-2-3-8-23)14-11(18)5-4-6-12(14)21/h4-6,13H,2-3,7-10H2,1H3,(H,22,24)/t13-,16+/m0/s1. The summed E-state index contributed by atoms with van der Waals surface area (Å²) in [5, 5.41) is 3.27. The Morgan fingerprint density at radius 3 is 2.54 bits per heavy atom. The van der Waals surface area contributed by atoms with Gasteiger partial charge in [0.1, 0.15) is 10.2 Å². The van der Waals surface area contributed by atoms with E-state index in [9.17, 15) is 9.18 Å². The minimum Gasteiger partial charge on any atom is -0.354 e. The van der Waals surface area contributed by atoms with Gasteiger partial charge in [-0.25, -0.2) is 4.39 Å². The molecule has 2 fully saturated rings. The number of amides is 1. The highest BCUT2D eigenvalue weighted by molar-refractivity contribution is 6.53. The van der Waals surface area contributed by atoms with Crippen molar-refractivity contribution in [2.75, 3.05) is 19.6 Å². The molecule has 0 bridgehead atoms. The van der Waals surface area contributed by atoms with Gasteiger partial charge in [-0.3, -0.25) is 9.69 Å². The van der Waals surface area contributed by atoms with Gasteiger partial charge in [0, 0.05) is 17.1 Å². The van der Waals surface area contributed by atoms with E-state index < -0.39 is 9.75 Å². The molecule has 1 heterocycles. The maximum absolute atomic E-state index is 14.4. The number of likely N-dealkylation sites (tertiary alicyclic amines) is 1. The van der Waals surface area contributed by atoms with Gasteiger partial charge in [0.25, 0.3) is 0 Å². The normalized spacial score (nSPS) is 27.0. The Kier molecular flexibility index (Phi) is 5.05. The number of rotatable bonds is 5. The number of benzene rings is 1. The zero-order valence-electron chi connectivity index (χ0n) is 13.4. The summed E-state index contributed by atoms with van der Waals surface area (Å²) in [4.78, 5) is 14.6. The lowest BCUT2D eigenvalue weighted by Crippen LogP contribution is -2.40. The topological polar surface area (TPSA) is 32.3 Å². The van der Waals surface area contributed by atoms with Gasteiger partial charge >= 0.3 is 0 Å². The zero-order valence-corrected chi connectivity index (χ0v) is 15.7. The molecule has 1 aromatic carbocycles. The molecule has 2 aliphatic rings. The van der Waals surface area contributed by atoms with Gasteiger partial charge in [-0.2, -0.15) is 0 Å². The van der Waals surface area contributed by atoms with Gasteiger partial charge in [-0.05, 0) is 51.4 Å². The van der Waals surface area contributed by atoms with Crippen LogP contribution in [0, 0.1) is 11.2 Å². The summed E-state index contributed by atoms with van der Waals surface area (Å²) in [5.74, 6) is -0.556. The number of alkyl halides is 2. The van der Waals surface area contributed by atoms with E-state index in [1.54, 1.807) is 19.1 Å². The van der Waals surface area contributed by atoms with Gasteiger partial charge < -0.3 is 5.32 Å². The van der Waals surface area contributed by atoms with Crippen molar-refractivity contribution in [2.45, 2.75) is 36.6 Å². The van der Waals surface area contributed by atoms with Crippen LogP contribution in [0.3, 0.4) is 0 Å². The summed E-state index contributed by atoms with van der Waals surface area (Å²) >= 11 is 18.4.